The Hall–Kier alpha value is -1.78. The topological polar surface area (TPSA) is 172 Å². The van der Waals surface area contributed by atoms with E-state index in [1.807, 2.05) is 0 Å². The van der Waals surface area contributed by atoms with Crippen molar-refractivity contribution in [3.63, 3.8) is 0 Å². The van der Waals surface area contributed by atoms with Crippen LogP contribution in [-0.4, -0.2) is 59.9 Å². The Labute approximate surface area is 316 Å². The predicted octanol–water partition coefficient (Wildman–Crippen LogP) is 10.5. The molecule has 11 nitrogen and oxygen atoms in total. The minimum Gasteiger partial charge on any atom is -0.480 e. The average molecular weight is 762 g/mol. The second-order valence-corrected chi connectivity index (χ2v) is 15.6. The van der Waals surface area contributed by atoms with E-state index in [0.717, 1.165) is 38.5 Å². The number of aliphatic carboxylic acids is 1. The molecule has 0 aliphatic heterocycles. The number of nitrogens with two attached hydrogens (primary N) is 1. The van der Waals surface area contributed by atoms with Crippen molar-refractivity contribution in [3.05, 3.63) is 12.2 Å². The second kappa shape index (κ2) is 36.2. The van der Waals surface area contributed by atoms with Crippen LogP contribution in [0.1, 0.15) is 194 Å². The molecule has 0 rings (SSSR count). The number of carbonyl (C=O) groups excluding carboxylic acids is 2. The van der Waals surface area contributed by atoms with Gasteiger partial charge in [0.2, 0.25) is 0 Å². The van der Waals surface area contributed by atoms with Crippen molar-refractivity contribution in [2.75, 3.05) is 19.8 Å². The molecule has 0 fully saturated rings. The fourth-order valence-corrected chi connectivity index (χ4v) is 6.48. The quantitative estimate of drug-likeness (QED) is 0.0235. The number of allylic oxidation sites excluding steroid dienone is 2. The first-order valence-corrected chi connectivity index (χ1v) is 22.2. The number of rotatable bonds is 39. The Balaban J connectivity index is 4.41. The summed E-state index contributed by atoms with van der Waals surface area (Å²) in [5, 5.41) is 8.87. The Morgan fingerprint density at radius 1 is 0.577 bits per heavy atom. The normalized spacial score (nSPS) is 13.9. The van der Waals surface area contributed by atoms with E-state index in [9.17, 15) is 23.8 Å². The molecule has 0 aliphatic rings. The number of carboxylic acids is 1. The van der Waals surface area contributed by atoms with Gasteiger partial charge in [0.1, 0.15) is 12.6 Å². The van der Waals surface area contributed by atoms with E-state index >= 15 is 0 Å². The van der Waals surface area contributed by atoms with Gasteiger partial charge in [0.05, 0.1) is 13.2 Å². The molecule has 12 heteroatoms. The number of carboxylic acid groups (broad SMARTS) is 1. The number of hydrogen-bond acceptors (Lipinski definition) is 9. The number of phosphoric acid groups is 1. The van der Waals surface area contributed by atoms with E-state index in [4.69, 9.17) is 24.8 Å². The van der Waals surface area contributed by atoms with Gasteiger partial charge in [-0.2, -0.15) is 0 Å². The first kappa shape index (κ1) is 50.2. The molecule has 0 saturated heterocycles. The summed E-state index contributed by atoms with van der Waals surface area (Å²) in [6.45, 7) is 2.78. The van der Waals surface area contributed by atoms with Crippen LogP contribution in [0.5, 0.6) is 0 Å². The van der Waals surface area contributed by atoms with Crippen LogP contribution in [0.4, 0.5) is 0 Å². The Bertz CT molecular complexity index is 947. The van der Waals surface area contributed by atoms with Crippen LogP contribution < -0.4 is 5.73 Å². The van der Waals surface area contributed by atoms with Gasteiger partial charge in [-0.15, -0.1) is 0 Å². The van der Waals surface area contributed by atoms with Gasteiger partial charge >= 0.3 is 25.7 Å². The highest BCUT2D eigenvalue weighted by Gasteiger charge is 2.28. The molecule has 0 radical (unpaired) electrons. The maximum atomic E-state index is 12.6. The highest BCUT2D eigenvalue weighted by atomic mass is 31.2. The fourth-order valence-electron chi connectivity index (χ4n) is 5.71. The van der Waals surface area contributed by atoms with Crippen molar-refractivity contribution in [2.45, 2.75) is 206 Å². The molecular formula is C40H76NO10P. The van der Waals surface area contributed by atoms with Gasteiger partial charge in [0.15, 0.2) is 6.10 Å². The Morgan fingerprint density at radius 2 is 0.962 bits per heavy atom. The Kier molecular flexibility index (Phi) is 35.0. The molecule has 0 amide bonds. The van der Waals surface area contributed by atoms with Crippen LogP contribution in [0.15, 0.2) is 12.2 Å². The van der Waals surface area contributed by atoms with Gasteiger partial charge in [-0.25, -0.2) is 4.57 Å². The van der Waals surface area contributed by atoms with Gasteiger partial charge in [-0.05, 0) is 38.5 Å². The summed E-state index contributed by atoms with van der Waals surface area (Å²) in [6, 6.07) is -1.52. The molecule has 0 saturated carbocycles. The molecule has 52 heavy (non-hydrogen) atoms. The van der Waals surface area contributed by atoms with E-state index in [0.29, 0.717) is 12.8 Å². The lowest BCUT2D eigenvalue weighted by Gasteiger charge is -2.20. The van der Waals surface area contributed by atoms with E-state index < -0.39 is 51.1 Å². The lowest BCUT2D eigenvalue weighted by atomic mass is 10.0. The summed E-state index contributed by atoms with van der Waals surface area (Å²) in [7, 11) is -4.71. The largest absolute Gasteiger partial charge is 0.480 e. The van der Waals surface area contributed by atoms with Crippen molar-refractivity contribution < 1.29 is 47.5 Å². The number of carbonyl (C=O) groups is 3. The van der Waals surface area contributed by atoms with Crippen molar-refractivity contribution in [3.8, 4) is 0 Å². The third-order valence-corrected chi connectivity index (χ3v) is 9.96. The second-order valence-electron chi connectivity index (χ2n) is 14.1. The molecule has 4 N–H and O–H groups in total. The third kappa shape index (κ3) is 35.3. The highest BCUT2D eigenvalue weighted by Crippen LogP contribution is 2.43. The lowest BCUT2D eigenvalue weighted by molar-refractivity contribution is -0.161. The van der Waals surface area contributed by atoms with Crippen LogP contribution in [-0.2, 0) is 37.5 Å². The van der Waals surface area contributed by atoms with Gasteiger partial charge in [0, 0.05) is 12.8 Å². The van der Waals surface area contributed by atoms with Crippen LogP contribution in [0, 0.1) is 0 Å². The van der Waals surface area contributed by atoms with Crippen LogP contribution >= 0.6 is 7.82 Å². The molecule has 0 heterocycles. The first-order chi connectivity index (χ1) is 25.1. The van der Waals surface area contributed by atoms with Gasteiger partial charge in [0.25, 0.3) is 0 Å². The summed E-state index contributed by atoms with van der Waals surface area (Å²) >= 11 is 0. The SMILES string of the molecule is CCCCCCCCCCC/C=C/CCCCC(=O)O[C@H](COC(=O)CCCCCCCCCCCCCCC)COP(=O)(O)OC[C@H](N)C(=O)O. The summed E-state index contributed by atoms with van der Waals surface area (Å²) in [5.41, 5.74) is 5.32. The molecule has 1 unspecified atom stereocenters. The summed E-state index contributed by atoms with van der Waals surface area (Å²) in [4.78, 5) is 45.8. The number of hydrogen-bond donors (Lipinski definition) is 3. The molecule has 0 aromatic heterocycles. The molecule has 3 atom stereocenters. The van der Waals surface area contributed by atoms with Gasteiger partial charge in [-0.1, -0.05) is 154 Å². The van der Waals surface area contributed by atoms with Crippen LogP contribution in [0.3, 0.4) is 0 Å². The molecule has 0 aromatic rings. The number of unbranched alkanes of at least 4 members (excludes halogenated alkanes) is 23. The zero-order valence-electron chi connectivity index (χ0n) is 32.9. The standard InChI is InChI=1S/C40H76NO10P/c1-3-5-7-9-11-13-15-17-18-20-22-24-26-28-30-32-39(43)51-36(34-49-52(46,47)50-35-37(41)40(44)45)33-48-38(42)31-29-27-25-23-21-19-16-14-12-10-8-6-4-2/h22,24,36-37H,3-21,23,25-35,41H2,1-2H3,(H,44,45)(H,46,47)/b24-22+/t36-,37+/m1/s1. The minimum absolute atomic E-state index is 0.135. The lowest BCUT2D eigenvalue weighted by Crippen LogP contribution is -2.34. The molecule has 0 bridgehead atoms. The van der Waals surface area contributed by atoms with E-state index in [1.165, 1.54) is 116 Å². The zero-order valence-corrected chi connectivity index (χ0v) is 33.8. The number of esters is 2. The van der Waals surface area contributed by atoms with Crippen molar-refractivity contribution in [1.82, 2.24) is 0 Å². The number of phosphoric ester groups is 1. The molecular weight excluding hydrogens is 685 g/mol. The zero-order chi connectivity index (χ0) is 38.5. The first-order valence-electron chi connectivity index (χ1n) is 20.7. The van der Waals surface area contributed by atoms with E-state index in [2.05, 4.69) is 30.5 Å². The maximum Gasteiger partial charge on any atom is 0.472 e. The number of ether oxygens (including phenoxy) is 2. The minimum atomic E-state index is -4.71. The molecule has 0 spiro atoms. The van der Waals surface area contributed by atoms with Crippen molar-refractivity contribution in [2.24, 2.45) is 5.73 Å². The molecule has 0 aliphatic carbocycles. The summed E-state index contributed by atoms with van der Waals surface area (Å²) in [5.74, 6) is -2.40. The van der Waals surface area contributed by atoms with Crippen molar-refractivity contribution in [1.29, 1.82) is 0 Å². The highest BCUT2D eigenvalue weighted by molar-refractivity contribution is 7.47. The van der Waals surface area contributed by atoms with Gasteiger partial charge in [-0.3, -0.25) is 23.4 Å². The van der Waals surface area contributed by atoms with Gasteiger partial charge < -0.3 is 25.2 Å². The van der Waals surface area contributed by atoms with E-state index in [-0.39, 0.29) is 19.4 Å². The molecule has 306 valence electrons. The smallest absolute Gasteiger partial charge is 0.472 e. The summed E-state index contributed by atoms with van der Waals surface area (Å²) in [6.07, 6.45) is 34.2. The molecule has 0 aromatic carbocycles. The summed E-state index contributed by atoms with van der Waals surface area (Å²) < 4.78 is 32.6. The van der Waals surface area contributed by atoms with Crippen molar-refractivity contribution >= 4 is 25.7 Å². The van der Waals surface area contributed by atoms with Crippen LogP contribution in [0.25, 0.3) is 0 Å². The monoisotopic (exact) mass is 762 g/mol. The Morgan fingerprint density at radius 3 is 1.44 bits per heavy atom. The fraction of sp³-hybridized carbons (Fsp3) is 0.875. The van der Waals surface area contributed by atoms with E-state index in [1.54, 1.807) is 0 Å². The maximum absolute atomic E-state index is 12.6. The predicted molar refractivity (Wildman–Crippen MR) is 208 cm³/mol. The third-order valence-electron chi connectivity index (χ3n) is 9.01. The average Bonchev–Trinajstić information content (AvgIpc) is 3.12. The van der Waals surface area contributed by atoms with Crippen LogP contribution in [0.2, 0.25) is 0 Å².